The predicted molar refractivity (Wildman–Crippen MR) is 69.4 cm³/mol. The van der Waals surface area contributed by atoms with Crippen molar-refractivity contribution in [3.63, 3.8) is 0 Å². The molecule has 0 saturated heterocycles. The van der Waals surface area contributed by atoms with Crippen molar-refractivity contribution in [2.45, 2.75) is 58.1 Å². The fourth-order valence-corrected chi connectivity index (χ4v) is 2.32. The van der Waals surface area contributed by atoms with Gasteiger partial charge in [-0.25, -0.2) is 0 Å². The first-order valence-corrected chi connectivity index (χ1v) is 6.65. The Morgan fingerprint density at radius 1 is 1.44 bits per heavy atom. The average Bonchev–Trinajstić information content (AvgIpc) is 3.00. The highest BCUT2D eigenvalue weighted by Gasteiger charge is 2.30. The summed E-state index contributed by atoms with van der Waals surface area (Å²) in [7, 11) is 0. The number of aliphatic hydroxyl groups excluding tert-OH is 1. The highest BCUT2D eigenvalue weighted by molar-refractivity contribution is 4.88. The smallest absolute Gasteiger partial charge is 0.0515 e. The zero-order valence-electron chi connectivity index (χ0n) is 10.8. The number of aliphatic hydroxyl groups is 1. The maximum absolute atomic E-state index is 9.31. The van der Waals surface area contributed by atoms with Crippen LogP contribution in [-0.2, 0) is 0 Å². The second-order valence-corrected chi connectivity index (χ2v) is 5.41. The van der Waals surface area contributed by atoms with Gasteiger partial charge in [0.05, 0.1) is 6.10 Å². The molecule has 1 aliphatic carbocycles. The molecule has 1 aliphatic rings. The van der Waals surface area contributed by atoms with Gasteiger partial charge in [-0.2, -0.15) is 0 Å². The summed E-state index contributed by atoms with van der Waals surface area (Å²) >= 11 is 0. The van der Waals surface area contributed by atoms with E-state index in [1.165, 1.54) is 19.3 Å². The van der Waals surface area contributed by atoms with E-state index in [0.29, 0.717) is 12.0 Å². The largest absolute Gasteiger partial charge is 0.393 e. The molecule has 2 N–H and O–H groups in total. The summed E-state index contributed by atoms with van der Waals surface area (Å²) in [6.45, 7) is 8.89. The lowest BCUT2D eigenvalue weighted by Gasteiger charge is -2.21. The maximum Gasteiger partial charge on any atom is 0.0515 e. The summed E-state index contributed by atoms with van der Waals surface area (Å²) in [5.41, 5.74) is 0. The Bertz CT molecular complexity index is 199. The second kappa shape index (κ2) is 7.08. The van der Waals surface area contributed by atoms with Gasteiger partial charge in [0.25, 0.3) is 0 Å². The number of nitrogens with one attached hydrogen (secondary N) is 1. The van der Waals surface area contributed by atoms with E-state index >= 15 is 0 Å². The molecule has 0 bridgehead atoms. The lowest BCUT2D eigenvalue weighted by molar-refractivity contribution is 0.162. The van der Waals surface area contributed by atoms with Crippen molar-refractivity contribution in [2.24, 2.45) is 11.8 Å². The predicted octanol–water partition coefficient (Wildman–Crippen LogP) is 2.73. The highest BCUT2D eigenvalue weighted by Crippen LogP contribution is 2.34. The molecule has 0 aromatic rings. The van der Waals surface area contributed by atoms with E-state index in [-0.39, 0.29) is 6.10 Å². The maximum atomic E-state index is 9.31. The van der Waals surface area contributed by atoms with E-state index in [2.05, 4.69) is 18.8 Å². The lowest BCUT2D eigenvalue weighted by Crippen LogP contribution is -2.35. The fourth-order valence-electron chi connectivity index (χ4n) is 2.32. The Kier molecular flexibility index (Phi) is 6.07. The van der Waals surface area contributed by atoms with Crippen LogP contribution in [0.1, 0.15) is 46.0 Å². The standard InChI is InChI=1S/C14H27NO/c1-4-5-6-14(13-7-8-13)15-10-11(2)9-12(3)16/h4,11-16H,1,5-10H2,2-3H3. The third-order valence-electron chi connectivity index (χ3n) is 3.34. The van der Waals surface area contributed by atoms with Crippen LogP contribution in [0.4, 0.5) is 0 Å². The Morgan fingerprint density at radius 3 is 2.62 bits per heavy atom. The van der Waals surface area contributed by atoms with E-state index in [4.69, 9.17) is 0 Å². The van der Waals surface area contributed by atoms with Crippen molar-refractivity contribution >= 4 is 0 Å². The molecule has 0 amide bonds. The van der Waals surface area contributed by atoms with Crippen LogP contribution in [0.5, 0.6) is 0 Å². The van der Waals surface area contributed by atoms with Crippen LogP contribution in [0.15, 0.2) is 12.7 Å². The van der Waals surface area contributed by atoms with E-state index in [1.807, 2.05) is 13.0 Å². The molecule has 1 rings (SSSR count). The van der Waals surface area contributed by atoms with Crippen molar-refractivity contribution in [1.82, 2.24) is 5.32 Å². The van der Waals surface area contributed by atoms with Crippen LogP contribution in [0, 0.1) is 11.8 Å². The van der Waals surface area contributed by atoms with Crippen LogP contribution in [-0.4, -0.2) is 23.8 Å². The summed E-state index contributed by atoms with van der Waals surface area (Å²) in [4.78, 5) is 0. The zero-order valence-corrected chi connectivity index (χ0v) is 10.8. The summed E-state index contributed by atoms with van der Waals surface area (Å²) < 4.78 is 0. The van der Waals surface area contributed by atoms with Crippen LogP contribution in [0.25, 0.3) is 0 Å². The van der Waals surface area contributed by atoms with Gasteiger partial charge in [-0.3, -0.25) is 0 Å². The van der Waals surface area contributed by atoms with Crippen LogP contribution >= 0.6 is 0 Å². The molecule has 94 valence electrons. The molecule has 0 aromatic carbocycles. The summed E-state index contributed by atoms with van der Waals surface area (Å²) in [5.74, 6) is 1.46. The molecule has 2 heteroatoms. The first-order chi connectivity index (χ1) is 7.63. The molecular formula is C14H27NO. The van der Waals surface area contributed by atoms with Gasteiger partial charge in [0.15, 0.2) is 0 Å². The molecule has 16 heavy (non-hydrogen) atoms. The third-order valence-corrected chi connectivity index (χ3v) is 3.34. The Hall–Kier alpha value is -0.340. The topological polar surface area (TPSA) is 32.3 Å². The van der Waals surface area contributed by atoms with Gasteiger partial charge in [0.1, 0.15) is 0 Å². The van der Waals surface area contributed by atoms with E-state index in [9.17, 15) is 5.11 Å². The van der Waals surface area contributed by atoms with Gasteiger partial charge in [-0.15, -0.1) is 6.58 Å². The molecule has 1 saturated carbocycles. The van der Waals surface area contributed by atoms with E-state index in [1.54, 1.807) is 0 Å². The van der Waals surface area contributed by atoms with Crippen LogP contribution < -0.4 is 5.32 Å². The molecule has 0 aromatic heterocycles. The molecule has 0 radical (unpaired) electrons. The van der Waals surface area contributed by atoms with Crippen LogP contribution in [0.3, 0.4) is 0 Å². The first-order valence-electron chi connectivity index (χ1n) is 6.65. The van der Waals surface area contributed by atoms with Gasteiger partial charge in [-0.1, -0.05) is 13.0 Å². The van der Waals surface area contributed by atoms with Crippen molar-refractivity contribution in [1.29, 1.82) is 0 Å². The molecule has 3 unspecified atom stereocenters. The SMILES string of the molecule is C=CCCC(NCC(C)CC(C)O)C1CC1. The Morgan fingerprint density at radius 2 is 2.12 bits per heavy atom. The van der Waals surface area contributed by atoms with Gasteiger partial charge in [0, 0.05) is 6.04 Å². The van der Waals surface area contributed by atoms with Crippen molar-refractivity contribution < 1.29 is 5.11 Å². The molecule has 1 fully saturated rings. The molecular weight excluding hydrogens is 198 g/mol. The second-order valence-electron chi connectivity index (χ2n) is 5.41. The molecule has 2 nitrogen and oxygen atoms in total. The molecule has 0 spiro atoms. The molecule has 0 aliphatic heterocycles. The first kappa shape index (κ1) is 13.7. The van der Waals surface area contributed by atoms with Gasteiger partial charge in [0.2, 0.25) is 0 Å². The quantitative estimate of drug-likeness (QED) is 0.591. The minimum atomic E-state index is -0.177. The molecule has 0 heterocycles. The third kappa shape index (κ3) is 5.66. The minimum absolute atomic E-state index is 0.177. The van der Waals surface area contributed by atoms with Gasteiger partial charge in [-0.05, 0) is 57.4 Å². The van der Waals surface area contributed by atoms with Crippen molar-refractivity contribution in [3.8, 4) is 0 Å². The number of allylic oxidation sites excluding steroid dienone is 1. The number of hydrogen-bond donors (Lipinski definition) is 2. The monoisotopic (exact) mass is 225 g/mol. The van der Waals surface area contributed by atoms with Crippen molar-refractivity contribution in [2.75, 3.05) is 6.54 Å². The summed E-state index contributed by atoms with van der Waals surface area (Å²) in [6, 6.07) is 0.675. The van der Waals surface area contributed by atoms with Crippen molar-refractivity contribution in [3.05, 3.63) is 12.7 Å². The molecule has 3 atom stereocenters. The zero-order chi connectivity index (χ0) is 12.0. The van der Waals surface area contributed by atoms with Crippen LogP contribution in [0.2, 0.25) is 0 Å². The number of rotatable bonds is 9. The Labute approximate surface area is 100 Å². The lowest BCUT2D eigenvalue weighted by atomic mass is 10.0. The highest BCUT2D eigenvalue weighted by atomic mass is 16.3. The Balaban J connectivity index is 2.18. The van der Waals surface area contributed by atoms with Gasteiger partial charge >= 0.3 is 0 Å². The fraction of sp³-hybridized carbons (Fsp3) is 0.857. The average molecular weight is 225 g/mol. The van der Waals surface area contributed by atoms with Gasteiger partial charge < -0.3 is 10.4 Å². The number of hydrogen-bond acceptors (Lipinski definition) is 2. The normalized spacial score (nSPS) is 21.4. The van der Waals surface area contributed by atoms with E-state index in [0.717, 1.165) is 25.3 Å². The summed E-state index contributed by atoms with van der Waals surface area (Å²) in [5, 5.41) is 13.0. The summed E-state index contributed by atoms with van der Waals surface area (Å²) in [6.07, 6.45) is 7.83. The van der Waals surface area contributed by atoms with E-state index < -0.39 is 0 Å². The minimum Gasteiger partial charge on any atom is -0.393 e.